The van der Waals surface area contributed by atoms with Gasteiger partial charge in [-0.1, -0.05) is 48.2 Å². The molecule has 1 heterocycles. The second kappa shape index (κ2) is 5.84. The van der Waals surface area contributed by atoms with Crippen molar-refractivity contribution in [1.29, 1.82) is 0 Å². The molecule has 1 spiro atoms. The molecular formula is C16H22Cl2N2. The van der Waals surface area contributed by atoms with Gasteiger partial charge < -0.3 is 5.32 Å². The molecule has 0 bridgehead atoms. The van der Waals surface area contributed by atoms with Crippen molar-refractivity contribution in [3.05, 3.63) is 33.8 Å². The van der Waals surface area contributed by atoms with Gasteiger partial charge in [-0.15, -0.1) is 0 Å². The number of nitrogens with zero attached hydrogens (tertiary/aromatic N) is 1. The molecule has 0 amide bonds. The van der Waals surface area contributed by atoms with Crippen LogP contribution in [-0.2, 0) is 6.54 Å². The van der Waals surface area contributed by atoms with Gasteiger partial charge in [0.2, 0.25) is 0 Å². The van der Waals surface area contributed by atoms with Gasteiger partial charge in [0.25, 0.3) is 0 Å². The average molecular weight is 313 g/mol. The largest absolute Gasteiger partial charge is 0.311 e. The molecule has 1 aliphatic carbocycles. The zero-order chi connectivity index (χ0) is 14.2. The standard InChI is InChI=1S/C16H22Cl2N2/c1-12-9-20(16(11-19-12)7-2-3-8-16)10-13-5-4-6-14(17)15(13)18/h4-6,12,19H,2-3,7-11H2,1H3. The number of benzene rings is 1. The normalized spacial score (nSPS) is 26.2. The number of halogens is 2. The van der Waals surface area contributed by atoms with Crippen LogP contribution in [0.5, 0.6) is 0 Å². The van der Waals surface area contributed by atoms with Crippen LogP contribution in [0.4, 0.5) is 0 Å². The molecule has 1 saturated carbocycles. The van der Waals surface area contributed by atoms with Gasteiger partial charge in [-0.25, -0.2) is 0 Å². The maximum absolute atomic E-state index is 6.37. The Morgan fingerprint density at radius 2 is 2.05 bits per heavy atom. The first-order chi connectivity index (χ1) is 9.61. The van der Waals surface area contributed by atoms with Crippen LogP contribution >= 0.6 is 23.2 Å². The lowest BCUT2D eigenvalue weighted by Gasteiger charge is -2.48. The predicted octanol–water partition coefficient (Wildman–Crippen LogP) is 4.10. The summed E-state index contributed by atoms with van der Waals surface area (Å²) in [5.41, 5.74) is 1.48. The Bertz CT molecular complexity index is 483. The number of rotatable bonds is 2. The Balaban J connectivity index is 1.84. The van der Waals surface area contributed by atoms with Gasteiger partial charge in [0, 0.05) is 31.2 Å². The van der Waals surface area contributed by atoms with E-state index in [2.05, 4.69) is 23.2 Å². The van der Waals surface area contributed by atoms with E-state index in [1.165, 1.54) is 25.7 Å². The highest BCUT2D eigenvalue weighted by Crippen LogP contribution is 2.38. The minimum Gasteiger partial charge on any atom is -0.311 e. The maximum Gasteiger partial charge on any atom is 0.0637 e. The molecule has 1 aliphatic heterocycles. The molecule has 2 aliphatic rings. The van der Waals surface area contributed by atoms with E-state index in [9.17, 15) is 0 Å². The molecular weight excluding hydrogens is 291 g/mol. The third-order valence-corrected chi connectivity index (χ3v) is 5.73. The highest BCUT2D eigenvalue weighted by molar-refractivity contribution is 6.42. The molecule has 1 atom stereocenters. The van der Waals surface area contributed by atoms with Gasteiger partial charge in [-0.05, 0) is 31.4 Å². The fourth-order valence-electron chi connectivity index (χ4n) is 3.70. The lowest BCUT2D eigenvalue weighted by Crippen LogP contribution is -2.62. The number of nitrogens with one attached hydrogen (secondary N) is 1. The highest BCUT2D eigenvalue weighted by atomic mass is 35.5. The summed E-state index contributed by atoms with van der Waals surface area (Å²) < 4.78 is 0. The van der Waals surface area contributed by atoms with Crippen LogP contribution in [0, 0.1) is 0 Å². The van der Waals surface area contributed by atoms with E-state index < -0.39 is 0 Å². The van der Waals surface area contributed by atoms with Crippen molar-refractivity contribution in [2.45, 2.75) is 50.7 Å². The van der Waals surface area contributed by atoms with Crippen molar-refractivity contribution in [1.82, 2.24) is 10.2 Å². The van der Waals surface area contributed by atoms with Crippen LogP contribution in [0.2, 0.25) is 10.0 Å². The Kier molecular flexibility index (Phi) is 4.28. The molecule has 3 rings (SSSR count). The molecule has 1 N–H and O–H groups in total. The van der Waals surface area contributed by atoms with Crippen LogP contribution in [0.3, 0.4) is 0 Å². The quantitative estimate of drug-likeness (QED) is 0.884. The van der Waals surface area contributed by atoms with Crippen molar-refractivity contribution in [3.8, 4) is 0 Å². The van der Waals surface area contributed by atoms with Gasteiger partial charge >= 0.3 is 0 Å². The summed E-state index contributed by atoms with van der Waals surface area (Å²) in [7, 11) is 0. The number of hydrogen-bond acceptors (Lipinski definition) is 2. The Morgan fingerprint density at radius 1 is 1.30 bits per heavy atom. The van der Waals surface area contributed by atoms with Crippen LogP contribution in [0.25, 0.3) is 0 Å². The molecule has 4 heteroatoms. The summed E-state index contributed by atoms with van der Waals surface area (Å²) in [5.74, 6) is 0. The van der Waals surface area contributed by atoms with Crippen LogP contribution in [0.15, 0.2) is 18.2 Å². The monoisotopic (exact) mass is 312 g/mol. The van der Waals surface area contributed by atoms with Crippen molar-refractivity contribution >= 4 is 23.2 Å². The topological polar surface area (TPSA) is 15.3 Å². The van der Waals surface area contributed by atoms with Crippen molar-refractivity contribution < 1.29 is 0 Å². The second-order valence-corrected chi connectivity index (χ2v) is 7.09. The van der Waals surface area contributed by atoms with Crippen LogP contribution < -0.4 is 5.32 Å². The first-order valence-corrected chi connectivity index (χ1v) is 8.28. The molecule has 20 heavy (non-hydrogen) atoms. The van der Waals surface area contributed by atoms with Gasteiger partial charge in [-0.3, -0.25) is 4.90 Å². The van der Waals surface area contributed by atoms with Crippen molar-refractivity contribution in [2.75, 3.05) is 13.1 Å². The smallest absolute Gasteiger partial charge is 0.0637 e. The van der Waals surface area contributed by atoms with E-state index in [1.54, 1.807) is 0 Å². The van der Waals surface area contributed by atoms with Crippen molar-refractivity contribution in [2.24, 2.45) is 0 Å². The van der Waals surface area contributed by atoms with E-state index in [0.717, 1.165) is 25.2 Å². The molecule has 110 valence electrons. The molecule has 2 nitrogen and oxygen atoms in total. The zero-order valence-corrected chi connectivity index (χ0v) is 13.5. The second-order valence-electron chi connectivity index (χ2n) is 6.31. The fourth-order valence-corrected chi connectivity index (χ4v) is 4.08. The lowest BCUT2D eigenvalue weighted by molar-refractivity contribution is 0.0393. The van der Waals surface area contributed by atoms with Gasteiger partial charge in [-0.2, -0.15) is 0 Å². The van der Waals surface area contributed by atoms with Gasteiger partial charge in [0.1, 0.15) is 0 Å². The first kappa shape index (κ1) is 14.6. The molecule has 0 aromatic heterocycles. The summed E-state index contributed by atoms with van der Waals surface area (Å²) in [4.78, 5) is 2.64. The lowest BCUT2D eigenvalue weighted by atomic mass is 9.90. The van der Waals surface area contributed by atoms with E-state index >= 15 is 0 Å². The van der Waals surface area contributed by atoms with E-state index in [0.29, 0.717) is 21.6 Å². The third kappa shape index (κ3) is 2.71. The van der Waals surface area contributed by atoms with E-state index in [-0.39, 0.29) is 0 Å². The van der Waals surface area contributed by atoms with E-state index in [4.69, 9.17) is 23.2 Å². The van der Waals surface area contributed by atoms with E-state index in [1.807, 2.05) is 12.1 Å². The minimum atomic E-state index is 0.332. The van der Waals surface area contributed by atoms with Gasteiger partial charge in [0.05, 0.1) is 10.0 Å². The third-order valence-electron chi connectivity index (χ3n) is 4.87. The number of hydrogen-bond donors (Lipinski definition) is 1. The molecule has 1 saturated heterocycles. The minimum absolute atomic E-state index is 0.332. The summed E-state index contributed by atoms with van der Waals surface area (Å²) in [6.45, 7) is 5.36. The molecule has 1 unspecified atom stereocenters. The highest BCUT2D eigenvalue weighted by Gasteiger charge is 2.42. The fraction of sp³-hybridized carbons (Fsp3) is 0.625. The Labute approximate surface area is 131 Å². The van der Waals surface area contributed by atoms with Crippen LogP contribution in [-0.4, -0.2) is 29.6 Å². The molecule has 2 fully saturated rings. The van der Waals surface area contributed by atoms with Gasteiger partial charge in [0.15, 0.2) is 0 Å². The van der Waals surface area contributed by atoms with Crippen LogP contribution in [0.1, 0.15) is 38.2 Å². The summed E-state index contributed by atoms with van der Waals surface area (Å²) in [5, 5.41) is 5.03. The first-order valence-electron chi connectivity index (χ1n) is 7.52. The summed E-state index contributed by atoms with van der Waals surface area (Å²) in [6, 6.07) is 6.50. The maximum atomic E-state index is 6.37. The summed E-state index contributed by atoms with van der Waals surface area (Å²) in [6.07, 6.45) is 5.28. The van der Waals surface area contributed by atoms with Crippen molar-refractivity contribution in [3.63, 3.8) is 0 Å². The number of piperazine rings is 1. The molecule has 1 aromatic carbocycles. The molecule has 0 radical (unpaired) electrons. The summed E-state index contributed by atoms with van der Waals surface area (Å²) >= 11 is 12.5. The SMILES string of the molecule is CC1CN(Cc2cccc(Cl)c2Cl)C2(CCCC2)CN1. The Hall–Kier alpha value is -0.280. The predicted molar refractivity (Wildman–Crippen MR) is 85.5 cm³/mol. The Morgan fingerprint density at radius 3 is 2.80 bits per heavy atom. The zero-order valence-electron chi connectivity index (χ0n) is 12.0. The average Bonchev–Trinajstić information content (AvgIpc) is 2.89. The molecule has 1 aromatic rings.